The molecule has 8 heteroatoms. The molecule has 0 bridgehead atoms. The number of aromatic amines is 1. The lowest BCUT2D eigenvalue weighted by molar-refractivity contribution is 0.415. The minimum absolute atomic E-state index is 0.0646. The SMILES string of the molecule is COc1cccc(-c2cc(Nc3ccc(S(N)(=O)=O)cc3)[nH]n2)c1. The molecule has 0 atom stereocenters. The summed E-state index contributed by atoms with van der Waals surface area (Å²) in [5, 5.41) is 15.3. The van der Waals surface area contributed by atoms with Crippen LogP contribution in [0.1, 0.15) is 0 Å². The van der Waals surface area contributed by atoms with Crippen molar-refractivity contribution in [2.75, 3.05) is 12.4 Å². The summed E-state index contributed by atoms with van der Waals surface area (Å²) in [6, 6.07) is 15.6. The predicted octanol–water partition coefficient (Wildman–Crippen LogP) is 2.48. The lowest BCUT2D eigenvalue weighted by atomic mass is 10.1. The van der Waals surface area contributed by atoms with Crippen molar-refractivity contribution < 1.29 is 13.2 Å². The summed E-state index contributed by atoms with van der Waals surface area (Å²) in [5.74, 6) is 1.43. The zero-order valence-electron chi connectivity index (χ0n) is 12.9. The van der Waals surface area contributed by atoms with Crippen molar-refractivity contribution in [3.8, 4) is 17.0 Å². The van der Waals surface area contributed by atoms with Crippen molar-refractivity contribution in [2.45, 2.75) is 4.90 Å². The largest absolute Gasteiger partial charge is 0.497 e. The van der Waals surface area contributed by atoms with Gasteiger partial charge >= 0.3 is 0 Å². The molecular formula is C16H16N4O3S. The van der Waals surface area contributed by atoms with Crippen LogP contribution in [0.15, 0.2) is 59.5 Å². The van der Waals surface area contributed by atoms with Gasteiger partial charge in [0.2, 0.25) is 10.0 Å². The van der Waals surface area contributed by atoms with Crippen molar-refractivity contribution in [2.24, 2.45) is 5.14 Å². The Labute approximate surface area is 139 Å². The summed E-state index contributed by atoms with van der Waals surface area (Å²) in [4.78, 5) is 0.0646. The molecule has 0 fully saturated rings. The minimum atomic E-state index is -3.69. The van der Waals surface area contributed by atoms with Crippen molar-refractivity contribution >= 4 is 21.5 Å². The first-order valence-corrected chi connectivity index (χ1v) is 8.60. The molecule has 0 aliphatic rings. The average Bonchev–Trinajstić information content (AvgIpc) is 3.03. The molecule has 4 N–H and O–H groups in total. The van der Waals surface area contributed by atoms with Crippen molar-refractivity contribution in [1.82, 2.24) is 10.2 Å². The average molecular weight is 344 g/mol. The summed E-state index contributed by atoms with van der Waals surface area (Å²) in [6.45, 7) is 0. The predicted molar refractivity (Wildman–Crippen MR) is 91.7 cm³/mol. The van der Waals surface area contributed by atoms with Crippen LogP contribution in [0, 0.1) is 0 Å². The Hall–Kier alpha value is -2.84. The lowest BCUT2D eigenvalue weighted by Crippen LogP contribution is -2.11. The Morgan fingerprint density at radius 3 is 2.54 bits per heavy atom. The maximum absolute atomic E-state index is 11.2. The monoisotopic (exact) mass is 344 g/mol. The number of nitrogens with one attached hydrogen (secondary N) is 2. The number of benzene rings is 2. The fourth-order valence-corrected chi connectivity index (χ4v) is 2.71. The number of sulfonamides is 1. The first kappa shape index (κ1) is 16.0. The summed E-state index contributed by atoms with van der Waals surface area (Å²) in [6.07, 6.45) is 0. The fourth-order valence-electron chi connectivity index (χ4n) is 2.20. The van der Waals surface area contributed by atoms with E-state index in [1.807, 2.05) is 30.3 Å². The zero-order chi connectivity index (χ0) is 17.2. The van der Waals surface area contributed by atoms with E-state index in [0.717, 1.165) is 17.0 Å². The topological polar surface area (TPSA) is 110 Å². The Kier molecular flexibility index (Phi) is 4.24. The smallest absolute Gasteiger partial charge is 0.238 e. The van der Waals surface area contributed by atoms with E-state index < -0.39 is 10.0 Å². The summed E-state index contributed by atoms with van der Waals surface area (Å²) >= 11 is 0. The Morgan fingerprint density at radius 1 is 1.12 bits per heavy atom. The molecule has 124 valence electrons. The Bertz CT molecular complexity index is 949. The summed E-state index contributed by atoms with van der Waals surface area (Å²) < 4.78 is 27.7. The van der Waals surface area contributed by atoms with Crippen LogP contribution >= 0.6 is 0 Å². The molecule has 0 spiro atoms. The maximum Gasteiger partial charge on any atom is 0.238 e. The Morgan fingerprint density at radius 2 is 1.88 bits per heavy atom. The molecule has 1 aromatic heterocycles. The van der Waals surface area contributed by atoms with Gasteiger partial charge in [-0.15, -0.1) is 0 Å². The van der Waals surface area contributed by atoms with Gasteiger partial charge in [-0.1, -0.05) is 12.1 Å². The standard InChI is InChI=1S/C16H16N4O3S/c1-23-13-4-2-3-11(9-13)15-10-16(20-19-15)18-12-5-7-14(8-6-12)24(17,21)22/h2-10H,1H3,(H2,17,21,22)(H2,18,19,20). The molecule has 0 unspecified atom stereocenters. The molecule has 0 radical (unpaired) electrons. The normalized spacial score (nSPS) is 11.2. The van der Waals surface area contributed by atoms with E-state index in [1.165, 1.54) is 12.1 Å². The molecule has 0 amide bonds. The van der Waals surface area contributed by atoms with Gasteiger partial charge in [-0.3, -0.25) is 5.10 Å². The third kappa shape index (κ3) is 3.55. The van der Waals surface area contributed by atoms with Crippen LogP contribution in [0.5, 0.6) is 5.75 Å². The molecule has 1 heterocycles. The van der Waals surface area contributed by atoms with Gasteiger partial charge in [0.05, 0.1) is 17.7 Å². The second-order valence-corrected chi connectivity index (χ2v) is 6.65. The third-order valence-corrected chi connectivity index (χ3v) is 4.33. The van der Waals surface area contributed by atoms with Crippen LogP contribution in [-0.2, 0) is 10.0 Å². The lowest BCUT2D eigenvalue weighted by Gasteiger charge is -2.04. The number of anilines is 2. The summed E-state index contributed by atoms with van der Waals surface area (Å²) in [7, 11) is -2.08. The maximum atomic E-state index is 11.2. The van der Waals surface area contributed by atoms with Gasteiger partial charge in [0.15, 0.2) is 0 Å². The number of hydrogen-bond acceptors (Lipinski definition) is 5. The second kappa shape index (κ2) is 6.34. The van der Waals surface area contributed by atoms with Gasteiger partial charge in [0.25, 0.3) is 0 Å². The van der Waals surface area contributed by atoms with Gasteiger partial charge in [0, 0.05) is 17.3 Å². The minimum Gasteiger partial charge on any atom is -0.497 e. The van der Waals surface area contributed by atoms with Crippen molar-refractivity contribution in [1.29, 1.82) is 0 Å². The van der Waals surface area contributed by atoms with Crippen LogP contribution in [0.2, 0.25) is 0 Å². The number of H-pyrrole nitrogens is 1. The van der Waals surface area contributed by atoms with E-state index in [2.05, 4.69) is 15.5 Å². The number of methoxy groups -OCH3 is 1. The van der Waals surface area contributed by atoms with Crippen LogP contribution in [0.4, 0.5) is 11.5 Å². The van der Waals surface area contributed by atoms with E-state index in [-0.39, 0.29) is 4.90 Å². The first-order chi connectivity index (χ1) is 11.5. The first-order valence-electron chi connectivity index (χ1n) is 7.05. The number of hydrogen-bond donors (Lipinski definition) is 3. The van der Waals surface area contributed by atoms with Crippen LogP contribution in [0.25, 0.3) is 11.3 Å². The van der Waals surface area contributed by atoms with Gasteiger partial charge in [-0.2, -0.15) is 5.10 Å². The number of ether oxygens (including phenoxy) is 1. The van der Waals surface area contributed by atoms with E-state index in [0.29, 0.717) is 11.5 Å². The van der Waals surface area contributed by atoms with Crippen LogP contribution in [-0.4, -0.2) is 25.7 Å². The van der Waals surface area contributed by atoms with Gasteiger partial charge < -0.3 is 10.1 Å². The molecule has 0 saturated heterocycles. The number of nitrogens with two attached hydrogens (primary N) is 1. The molecule has 24 heavy (non-hydrogen) atoms. The number of rotatable bonds is 5. The van der Waals surface area contributed by atoms with Gasteiger partial charge in [0.1, 0.15) is 11.6 Å². The highest BCUT2D eigenvalue weighted by Gasteiger charge is 2.08. The fraction of sp³-hybridized carbons (Fsp3) is 0.0625. The van der Waals surface area contributed by atoms with E-state index in [4.69, 9.17) is 9.88 Å². The molecule has 3 rings (SSSR count). The van der Waals surface area contributed by atoms with Crippen LogP contribution < -0.4 is 15.2 Å². The van der Waals surface area contributed by atoms with Crippen LogP contribution in [0.3, 0.4) is 0 Å². The van der Waals surface area contributed by atoms with Crippen molar-refractivity contribution in [3.63, 3.8) is 0 Å². The highest BCUT2D eigenvalue weighted by atomic mass is 32.2. The van der Waals surface area contributed by atoms with Gasteiger partial charge in [-0.05, 0) is 36.4 Å². The quantitative estimate of drug-likeness (QED) is 0.658. The van der Waals surface area contributed by atoms with E-state index in [1.54, 1.807) is 19.2 Å². The molecule has 7 nitrogen and oxygen atoms in total. The molecule has 2 aromatic carbocycles. The van der Waals surface area contributed by atoms with Gasteiger partial charge in [-0.25, -0.2) is 13.6 Å². The molecular weight excluding hydrogens is 328 g/mol. The molecule has 0 aliphatic heterocycles. The van der Waals surface area contributed by atoms with Crippen molar-refractivity contribution in [3.05, 3.63) is 54.6 Å². The zero-order valence-corrected chi connectivity index (χ0v) is 13.7. The molecule has 3 aromatic rings. The highest BCUT2D eigenvalue weighted by Crippen LogP contribution is 2.25. The molecule has 0 aliphatic carbocycles. The molecule has 0 saturated carbocycles. The van der Waals surface area contributed by atoms with E-state index in [9.17, 15) is 8.42 Å². The third-order valence-electron chi connectivity index (χ3n) is 3.41. The second-order valence-electron chi connectivity index (χ2n) is 5.09. The highest BCUT2D eigenvalue weighted by molar-refractivity contribution is 7.89. The Balaban J connectivity index is 1.78. The number of primary sulfonamides is 1. The van der Waals surface area contributed by atoms with E-state index >= 15 is 0 Å². The number of nitrogens with zero attached hydrogens (tertiary/aromatic N) is 1. The number of aromatic nitrogens is 2. The summed E-state index contributed by atoms with van der Waals surface area (Å²) in [5.41, 5.74) is 2.39.